The van der Waals surface area contributed by atoms with E-state index in [0.717, 1.165) is 0 Å². The van der Waals surface area contributed by atoms with Gasteiger partial charge in [-0.3, -0.25) is 19.7 Å². The van der Waals surface area contributed by atoms with Crippen molar-refractivity contribution in [1.29, 1.82) is 0 Å². The average molecular weight is 359 g/mol. The van der Waals surface area contributed by atoms with Gasteiger partial charge in [-0.25, -0.2) is 0 Å². The highest BCUT2D eigenvalue weighted by molar-refractivity contribution is 8.01. The molecular weight excluding hydrogens is 334 g/mol. The van der Waals surface area contributed by atoms with Crippen LogP contribution in [0.3, 0.4) is 0 Å². The van der Waals surface area contributed by atoms with Gasteiger partial charge in [-0.15, -0.1) is 11.8 Å². The Hall–Kier alpha value is -1.36. The monoisotopic (exact) mass is 359 g/mol. The van der Waals surface area contributed by atoms with E-state index >= 15 is 0 Å². The first-order valence-corrected chi connectivity index (χ1v) is 8.84. The Morgan fingerprint density at radius 2 is 2.04 bits per heavy atom. The number of carbonyl (C=O) groups is 3. The fraction of sp³-hybridized carbons (Fsp3) is 0.786. The minimum atomic E-state index is -0.907. The van der Waals surface area contributed by atoms with Crippen LogP contribution < -0.4 is 22.1 Å². The maximum absolute atomic E-state index is 12.3. The number of rotatable bonds is 6. The van der Waals surface area contributed by atoms with Crippen LogP contribution in [0.4, 0.5) is 0 Å². The van der Waals surface area contributed by atoms with Crippen molar-refractivity contribution in [2.75, 3.05) is 25.4 Å². The molecule has 2 rings (SSSR count). The molecule has 2 saturated heterocycles. The first-order valence-electron chi connectivity index (χ1n) is 7.85. The summed E-state index contributed by atoms with van der Waals surface area (Å²) in [6.45, 7) is 4.09. The molecule has 0 radical (unpaired) electrons. The molecule has 3 amide bonds. The van der Waals surface area contributed by atoms with Crippen LogP contribution >= 0.6 is 11.8 Å². The van der Waals surface area contributed by atoms with Gasteiger partial charge in [0.2, 0.25) is 17.7 Å². The summed E-state index contributed by atoms with van der Waals surface area (Å²) in [4.78, 5) is 36.8. The maximum Gasteiger partial charge on any atom is 0.242 e. The van der Waals surface area contributed by atoms with Gasteiger partial charge in [0, 0.05) is 5.75 Å². The third-order valence-corrected chi connectivity index (χ3v) is 5.70. The number of carbonyl (C=O) groups excluding carboxylic acids is 3. The molecular formula is C14H25N5O4S. The Balaban J connectivity index is 1.87. The minimum absolute atomic E-state index is 0.0914. The summed E-state index contributed by atoms with van der Waals surface area (Å²) in [5.41, 5.74) is 10.8. The molecule has 0 aromatic heterocycles. The highest BCUT2D eigenvalue weighted by Gasteiger charge is 2.52. The lowest BCUT2D eigenvalue weighted by Crippen LogP contribution is -2.70. The molecule has 1 unspecified atom stereocenters. The summed E-state index contributed by atoms with van der Waals surface area (Å²) >= 11 is 1.57. The Morgan fingerprint density at radius 3 is 2.54 bits per heavy atom. The van der Waals surface area contributed by atoms with E-state index in [2.05, 4.69) is 10.6 Å². The smallest absolute Gasteiger partial charge is 0.242 e. The predicted molar refractivity (Wildman–Crippen MR) is 89.7 cm³/mol. The van der Waals surface area contributed by atoms with Crippen LogP contribution in [0, 0.1) is 5.92 Å². The number of hydrogen-bond donors (Lipinski definition) is 5. The zero-order valence-electron chi connectivity index (χ0n) is 13.8. The van der Waals surface area contributed by atoms with Crippen molar-refractivity contribution in [2.45, 2.75) is 36.8 Å². The van der Waals surface area contributed by atoms with E-state index in [1.54, 1.807) is 16.7 Å². The molecule has 0 aliphatic carbocycles. The molecule has 2 aliphatic rings. The molecule has 2 fully saturated rings. The van der Waals surface area contributed by atoms with Crippen LogP contribution in [-0.2, 0) is 14.4 Å². The van der Waals surface area contributed by atoms with Crippen LogP contribution in [-0.4, -0.2) is 76.2 Å². The molecule has 10 heteroatoms. The first-order chi connectivity index (χ1) is 11.2. The van der Waals surface area contributed by atoms with Gasteiger partial charge in [0.05, 0.1) is 25.7 Å². The fourth-order valence-electron chi connectivity index (χ4n) is 2.83. The van der Waals surface area contributed by atoms with E-state index in [1.165, 1.54) is 0 Å². The second-order valence-corrected chi connectivity index (χ2v) is 8.02. The van der Waals surface area contributed by atoms with Gasteiger partial charge >= 0.3 is 0 Å². The number of hydrogen-bond acceptors (Lipinski definition) is 7. The van der Waals surface area contributed by atoms with Gasteiger partial charge in [-0.2, -0.15) is 0 Å². The molecule has 2 aliphatic heterocycles. The lowest BCUT2D eigenvalue weighted by atomic mass is 10.0. The van der Waals surface area contributed by atoms with E-state index < -0.39 is 30.6 Å². The number of amides is 3. The minimum Gasteiger partial charge on any atom is -0.394 e. The van der Waals surface area contributed by atoms with Crippen molar-refractivity contribution in [1.82, 2.24) is 15.5 Å². The number of thioether (sulfide) groups is 1. The van der Waals surface area contributed by atoms with Crippen LogP contribution in [0.15, 0.2) is 0 Å². The molecule has 2 heterocycles. The molecule has 0 aromatic carbocycles. The number of aliphatic hydroxyl groups is 1. The van der Waals surface area contributed by atoms with E-state index in [0.29, 0.717) is 18.8 Å². The SMILES string of the molecule is CC(C)[C@H](NC(=O)C1CSC2(CN(C(=O)[C@@H](N)CO)C2)N1)C(N)=O. The van der Waals surface area contributed by atoms with Gasteiger partial charge in [-0.05, 0) is 5.92 Å². The molecule has 136 valence electrons. The lowest BCUT2D eigenvalue weighted by Gasteiger charge is -2.48. The standard InChI is InChI=1S/C14H25N5O4S/c1-7(2)10(11(16)21)17-12(22)9-4-24-14(18-9)5-19(6-14)13(23)8(15)3-20/h7-10,18,20H,3-6,15H2,1-2H3,(H2,16,21)(H,17,22)/t8-,9?,10-/m0/s1. The largest absolute Gasteiger partial charge is 0.394 e. The van der Waals surface area contributed by atoms with Gasteiger partial charge in [0.1, 0.15) is 17.0 Å². The summed E-state index contributed by atoms with van der Waals surface area (Å²) in [6.07, 6.45) is 0. The molecule has 7 N–H and O–H groups in total. The summed E-state index contributed by atoms with van der Waals surface area (Å²) in [7, 11) is 0. The highest BCUT2D eigenvalue weighted by Crippen LogP contribution is 2.38. The van der Waals surface area contributed by atoms with Gasteiger partial charge < -0.3 is 26.8 Å². The first kappa shape index (κ1) is 19.0. The quantitative estimate of drug-likeness (QED) is 0.343. The Labute approximate surface area is 144 Å². The number of nitrogens with zero attached hydrogens (tertiary/aromatic N) is 1. The van der Waals surface area contributed by atoms with Crippen LogP contribution in [0.5, 0.6) is 0 Å². The van der Waals surface area contributed by atoms with Gasteiger partial charge in [0.15, 0.2) is 0 Å². The van der Waals surface area contributed by atoms with Crippen molar-refractivity contribution in [2.24, 2.45) is 17.4 Å². The Bertz CT molecular complexity index is 523. The number of nitrogens with two attached hydrogens (primary N) is 2. The number of primary amides is 1. The third-order valence-electron chi connectivity index (χ3n) is 4.27. The molecule has 9 nitrogen and oxygen atoms in total. The van der Waals surface area contributed by atoms with Crippen molar-refractivity contribution in [3.63, 3.8) is 0 Å². The zero-order chi connectivity index (χ0) is 18.1. The second kappa shape index (κ2) is 7.26. The fourth-order valence-corrected chi connectivity index (χ4v) is 4.27. The summed E-state index contributed by atoms with van der Waals surface area (Å²) in [5.74, 6) is -0.673. The third kappa shape index (κ3) is 3.82. The van der Waals surface area contributed by atoms with Crippen LogP contribution in [0.1, 0.15) is 13.8 Å². The Morgan fingerprint density at radius 1 is 1.42 bits per heavy atom. The molecule has 0 aromatic rings. The molecule has 3 atom stereocenters. The number of aliphatic hydroxyl groups excluding tert-OH is 1. The topological polar surface area (TPSA) is 151 Å². The lowest BCUT2D eigenvalue weighted by molar-refractivity contribution is -0.139. The second-order valence-electron chi connectivity index (χ2n) is 6.62. The van der Waals surface area contributed by atoms with Crippen molar-refractivity contribution in [3.8, 4) is 0 Å². The normalized spacial score (nSPS) is 24.5. The van der Waals surface area contributed by atoms with E-state index in [-0.39, 0.29) is 22.6 Å². The zero-order valence-corrected chi connectivity index (χ0v) is 14.6. The average Bonchev–Trinajstić information content (AvgIpc) is 2.94. The number of nitrogens with one attached hydrogen (secondary N) is 2. The van der Waals surface area contributed by atoms with Crippen molar-refractivity contribution < 1.29 is 19.5 Å². The van der Waals surface area contributed by atoms with Crippen molar-refractivity contribution in [3.05, 3.63) is 0 Å². The maximum atomic E-state index is 12.3. The number of likely N-dealkylation sites (tertiary alicyclic amines) is 1. The van der Waals surface area contributed by atoms with Crippen LogP contribution in [0.2, 0.25) is 0 Å². The van der Waals surface area contributed by atoms with Crippen molar-refractivity contribution >= 4 is 29.5 Å². The summed E-state index contributed by atoms with van der Waals surface area (Å²) in [6, 6.07) is -2.06. The summed E-state index contributed by atoms with van der Waals surface area (Å²) < 4.78 is 0. The molecule has 0 saturated carbocycles. The van der Waals surface area contributed by atoms with Gasteiger partial charge in [0.25, 0.3) is 0 Å². The van der Waals surface area contributed by atoms with E-state index in [9.17, 15) is 14.4 Å². The van der Waals surface area contributed by atoms with E-state index in [4.69, 9.17) is 16.6 Å². The molecule has 1 spiro atoms. The summed E-state index contributed by atoms with van der Waals surface area (Å²) in [5, 5.41) is 14.8. The van der Waals surface area contributed by atoms with Crippen LogP contribution in [0.25, 0.3) is 0 Å². The molecule has 24 heavy (non-hydrogen) atoms. The van der Waals surface area contributed by atoms with Gasteiger partial charge in [-0.1, -0.05) is 13.8 Å². The Kier molecular flexibility index (Phi) is 5.74. The van der Waals surface area contributed by atoms with E-state index in [1.807, 2.05) is 13.8 Å². The molecule has 0 bridgehead atoms. The highest BCUT2D eigenvalue weighted by atomic mass is 32.2. The predicted octanol–water partition coefficient (Wildman–Crippen LogP) is -2.82.